The van der Waals surface area contributed by atoms with Crippen LogP contribution in [0.3, 0.4) is 0 Å². The molecule has 0 N–H and O–H groups in total. The highest BCUT2D eigenvalue weighted by atomic mass is 19.1. The van der Waals surface area contributed by atoms with Gasteiger partial charge in [0, 0.05) is 0 Å². The molecule has 0 spiro atoms. The van der Waals surface area contributed by atoms with E-state index in [4.69, 9.17) is 0 Å². The van der Waals surface area contributed by atoms with Gasteiger partial charge in [0.25, 0.3) is 0 Å². The highest BCUT2D eigenvalue weighted by Crippen LogP contribution is 2.29. The summed E-state index contributed by atoms with van der Waals surface area (Å²) < 4.78 is 10.3. The number of allylic oxidation sites excluding steroid dienone is 4. The number of aryl methyl sites for hydroxylation is 4. The SMILES string of the molecule is C=C/C=C(/CC(C=C)CCCCC)c1cc(CC)ccc1C.CC.CCF.CCc1ccccc1C. The maximum absolute atomic E-state index is 10.3. The van der Waals surface area contributed by atoms with Crippen LogP contribution in [0.2, 0.25) is 0 Å². The summed E-state index contributed by atoms with van der Waals surface area (Å²) in [4.78, 5) is 0. The van der Waals surface area contributed by atoms with Crippen molar-refractivity contribution in [2.24, 2.45) is 5.92 Å². The maximum Gasteiger partial charge on any atom is 0.0866 e. The molecule has 1 heteroatoms. The second-order valence-electron chi connectivity index (χ2n) is 8.67. The van der Waals surface area contributed by atoms with Gasteiger partial charge in [0.1, 0.15) is 0 Å². The lowest BCUT2D eigenvalue weighted by molar-refractivity contribution is 0.527. The molecule has 0 heterocycles. The lowest BCUT2D eigenvalue weighted by Gasteiger charge is -2.17. The first kappa shape index (κ1) is 35.8. The summed E-state index contributed by atoms with van der Waals surface area (Å²) in [5, 5.41) is 0. The molecule has 0 aliphatic carbocycles. The van der Waals surface area contributed by atoms with Crippen molar-refractivity contribution in [2.45, 2.75) is 100 Å². The average Bonchev–Trinajstić information content (AvgIpc) is 2.90. The quantitative estimate of drug-likeness (QED) is 0.165. The number of halogens is 1. The summed E-state index contributed by atoms with van der Waals surface area (Å²) in [7, 11) is 0. The lowest BCUT2D eigenvalue weighted by atomic mass is 9.87. The molecule has 1 atom stereocenters. The van der Waals surface area contributed by atoms with E-state index in [0.717, 1.165) is 19.3 Å². The molecule has 0 amide bonds. The van der Waals surface area contributed by atoms with Gasteiger partial charge in [0.2, 0.25) is 0 Å². The Bertz CT molecular complexity index is 843. The van der Waals surface area contributed by atoms with Crippen molar-refractivity contribution in [3.63, 3.8) is 0 Å². The fourth-order valence-corrected chi connectivity index (χ4v) is 3.89. The number of hydrogen-bond donors (Lipinski definition) is 0. The van der Waals surface area contributed by atoms with Crippen molar-refractivity contribution < 1.29 is 4.39 Å². The molecule has 36 heavy (non-hydrogen) atoms. The molecule has 0 nitrogen and oxygen atoms in total. The monoisotopic (exact) mass is 494 g/mol. The van der Waals surface area contributed by atoms with Gasteiger partial charge in [-0.3, -0.25) is 4.39 Å². The predicted molar refractivity (Wildman–Crippen MR) is 165 cm³/mol. The Kier molecular flexibility index (Phi) is 24.1. The van der Waals surface area contributed by atoms with Crippen LogP contribution >= 0.6 is 0 Å². The molecule has 0 aliphatic rings. The summed E-state index contributed by atoms with van der Waals surface area (Å²) in [5.41, 5.74) is 8.38. The normalized spacial score (nSPS) is 11.0. The van der Waals surface area contributed by atoms with Crippen molar-refractivity contribution in [3.8, 4) is 0 Å². The first-order valence-corrected chi connectivity index (χ1v) is 14.1. The Labute approximate surface area is 224 Å². The summed E-state index contributed by atoms with van der Waals surface area (Å²) in [6.45, 7) is 24.2. The Balaban J connectivity index is 0. The molecule has 1 unspecified atom stereocenters. The van der Waals surface area contributed by atoms with E-state index in [1.807, 2.05) is 19.9 Å². The minimum absolute atomic E-state index is 0.250. The van der Waals surface area contributed by atoms with Crippen molar-refractivity contribution in [3.05, 3.63) is 102 Å². The van der Waals surface area contributed by atoms with E-state index in [-0.39, 0.29) is 6.67 Å². The Morgan fingerprint density at radius 1 is 0.889 bits per heavy atom. The number of rotatable bonds is 11. The Hall–Kier alpha value is -2.41. The van der Waals surface area contributed by atoms with E-state index in [1.54, 1.807) is 0 Å². The van der Waals surface area contributed by atoms with Crippen LogP contribution in [0.25, 0.3) is 5.57 Å². The maximum atomic E-state index is 10.3. The first-order chi connectivity index (χ1) is 17.4. The molecule has 0 aliphatic heterocycles. The van der Waals surface area contributed by atoms with E-state index >= 15 is 0 Å². The standard InChI is InChI=1S/C22H32.C9H12.C2H5F.C2H6/c1-6-10-11-13-19(8-3)16-21(12-7-2)22-17-20(9-4)15-14-18(22)5;1-3-9-7-5-4-6-8(9)2;1-2-3;1-2/h7-8,12,14-15,17,19H,2-3,6,9-11,13,16H2,1,4-5H3;4-7H,3H2,1-2H3;2H2,1H3;1-2H3/b21-12-;;;. The van der Waals surface area contributed by atoms with Gasteiger partial charge in [-0.05, 0) is 85.8 Å². The fraction of sp³-hybridized carbons (Fsp3) is 0.486. The van der Waals surface area contributed by atoms with Gasteiger partial charge in [-0.1, -0.05) is 121 Å². The van der Waals surface area contributed by atoms with Gasteiger partial charge >= 0.3 is 0 Å². The zero-order valence-electron chi connectivity index (χ0n) is 24.8. The second kappa shape index (κ2) is 24.3. The van der Waals surface area contributed by atoms with Crippen molar-refractivity contribution >= 4 is 5.57 Å². The summed E-state index contributed by atoms with van der Waals surface area (Å²) in [6, 6.07) is 15.3. The van der Waals surface area contributed by atoms with E-state index in [9.17, 15) is 4.39 Å². The highest BCUT2D eigenvalue weighted by molar-refractivity contribution is 5.70. The third-order valence-corrected chi connectivity index (χ3v) is 6.01. The fourth-order valence-electron chi connectivity index (χ4n) is 3.89. The minimum atomic E-state index is -0.250. The smallest absolute Gasteiger partial charge is 0.0866 e. The molecule has 0 fully saturated rings. The number of benzene rings is 2. The zero-order chi connectivity index (χ0) is 27.8. The van der Waals surface area contributed by atoms with Crippen molar-refractivity contribution in [2.75, 3.05) is 6.67 Å². The number of unbranched alkanes of at least 4 members (excludes halogenated alkanes) is 2. The molecule has 2 aromatic rings. The third kappa shape index (κ3) is 15.6. The van der Waals surface area contributed by atoms with Gasteiger partial charge in [0.15, 0.2) is 0 Å². The lowest BCUT2D eigenvalue weighted by Crippen LogP contribution is -2.01. The van der Waals surface area contributed by atoms with Crippen molar-refractivity contribution in [1.29, 1.82) is 0 Å². The van der Waals surface area contributed by atoms with E-state index in [1.165, 1.54) is 66.0 Å². The van der Waals surface area contributed by atoms with Gasteiger partial charge < -0.3 is 0 Å². The summed E-state index contributed by atoms with van der Waals surface area (Å²) >= 11 is 0. The zero-order valence-corrected chi connectivity index (χ0v) is 24.8. The van der Waals surface area contributed by atoms with Crippen LogP contribution in [0, 0.1) is 19.8 Å². The molecule has 0 aromatic heterocycles. The van der Waals surface area contributed by atoms with Crippen molar-refractivity contribution in [1.82, 2.24) is 0 Å². The van der Waals surface area contributed by atoms with Crippen LogP contribution in [0.4, 0.5) is 4.39 Å². The second-order valence-corrected chi connectivity index (χ2v) is 8.67. The van der Waals surface area contributed by atoms with Crippen LogP contribution in [0.1, 0.15) is 101 Å². The average molecular weight is 495 g/mol. The van der Waals surface area contributed by atoms with Gasteiger partial charge in [0.05, 0.1) is 6.67 Å². The molecule has 0 saturated heterocycles. The topological polar surface area (TPSA) is 0 Å². The molecule has 0 saturated carbocycles. The van der Waals surface area contributed by atoms with Gasteiger partial charge in [-0.25, -0.2) is 0 Å². The Morgan fingerprint density at radius 3 is 2.00 bits per heavy atom. The van der Waals surface area contributed by atoms with Crippen LogP contribution in [0.5, 0.6) is 0 Å². The molecule has 0 bridgehead atoms. The van der Waals surface area contributed by atoms with Crippen LogP contribution in [0.15, 0.2) is 73.9 Å². The summed E-state index contributed by atoms with van der Waals surface area (Å²) in [6.07, 6.45) is 14.6. The number of alkyl halides is 1. The van der Waals surface area contributed by atoms with Crippen LogP contribution in [-0.4, -0.2) is 6.67 Å². The van der Waals surface area contributed by atoms with Gasteiger partial charge in [-0.15, -0.1) is 6.58 Å². The van der Waals surface area contributed by atoms with E-state index < -0.39 is 0 Å². The first-order valence-electron chi connectivity index (χ1n) is 14.1. The minimum Gasteiger partial charge on any atom is -0.251 e. The van der Waals surface area contributed by atoms with Gasteiger partial charge in [-0.2, -0.15) is 0 Å². The molecule has 2 aromatic carbocycles. The van der Waals surface area contributed by atoms with Crippen LogP contribution < -0.4 is 0 Å². The third-order valence-electron chi connectivity index (χ3n) is 6.01. The molecule has 2 rings (SSSR count). The number of hydrogen-bond acceptors (Lipinski definition) is 0. The van der Waals surface area contributed by atoms with E-state index in [2.05, 4.69) is 102 Å². The van der Waals surface area contributed by atoms with E-state index in [0.29, 0.717) is 5.92 Å². The molecule has 202 valence electrons. The predicted octanol–water partition coefficient (Wildman–Crippen LogP) is 11.5. The molecule has 0 radical (unpaired) electrons. The largest absolute Gasteiger partial charge is 0.251 e. The molecular formula is C35H55F. The summed E-state index contributed by atoms with van der Waals surface area (Å²) in [5.74, 6) is 0.558. The molecular weight excluding hydrogens is 439 g/mol. The Morgan fingerprint density at radius 2 is 1.53 bits per heavy atom. The highest BCUT2D eigenvalue weighted by Gasteiger charge is 2.11. The van der Waals surface area contributed by atoms with Crippen LogP contribution in [-0.2, 0) is 12.8 Å².